The van der Waals surface area contributed by atoms with Crippen molar-refractivity contribution in [2.24, 2.45) is 5.73 Å². The van der Waals surface area contributed by atoms with Gasteiger partial charge in [0.15, 0.2) is 5.78 Å². The summed E-state index contributed by atoms with van der Waals surface area (Å²) in [7, 11) is -1.33. The summed E-state index contributed by atoms with van der Waals surface area (Å²) in [5, 5.41) is 0. The van der Waals surface area contributed by atoms with Crippen LogP contribution in [0.1, 0.15) is 22.8 Å². The molecule has 1 amide bonds. The molecule has 2 N–H and O–H groups in total. The Morgan fingerprint density at radius 3 is 2.27 bits per heavy atom. The molecule has 0 aliphatic heterocycles. The second-order valence-electron chi connectivity index (χ2n) is 4.99. The number of carbonyl (C=O) groups excluding carboxylic acids is 2. The van der Waals surface area contributed by atoms with Gasteiger partial charge in [0.1, 0.15) is 5.75 Å². The molecule has 0 saturated heterocycles. The van der Waals surface area contributed by atoms with Crippen LogP contribution in [0.25, 0.3) is 11.1 Å². The molecule has 0 aliphatic carbocycles. The van der Waals surface area contributed by atoms with E-state index in [1.54, 1.807) is 12.1 Å². The number of amides is 1. The molecule has 2 aromatic carbocycles. The number of hydrogen-bond donors (Lipinski definition) is 1. The fourth-order valence-electron chi connectivity index (χ4n) is 2.20. The van der Waals surface area contributed by atoms with Crippen LogP contribution in [-0.4, -0.2) is 21.7 Å². The monoisotopic (exact) mass is 315 g/mol. The van der Waals surface area contributed by atoms with E-state index in [9.17, 15) is 13.8 Å². The van der Waals surface area contributed by atoms with E-state index in [1.165, 1.54) is 6.92 Å². The van der Waals surface area contributed by atoms with E-state index in [-0.39, 0.29) is 17.3 Å². The molecule has 0 aliphatic rings. The zero-order chi connectivity index (χ0) is 16.1. The molecule has 0 radical (unpaired) electrons. The van der Waals surface area contributed by atoms with Crippen LogP contribution in [0.15, 0.2) is 48.5 Å². The highest BCUT2D eigenvalue weighted by molar-refractivity contribution is 7.84. The summed E-state index contributed by atoms with van der Waals surface area (Å²) in [5.74, 6) is -0.422. The van der Waals surface area contributed by atoms with Crippen molar-refractivity contribution in [2.75, 3.05) is 5.75 Å². The van der Waals surface area contributed by atoms with Crippen LogP contribution in [0, 0.1) is 0 Å². The second-order valence-corrected chi connectivity index (χ2v) is 6.44. The average Bonchev–Trinajstić information content (AvgIpc) is 2.47. The maximum Gasteiger partial charge on any atom is 0.230 e. The standard InChI is InChI=1S/C17H17NO3S/c1-12(19)13-6-8-14(9-7-13)16-5-3-2-4-15(16)10-22(21)11-17(18)20/h2-9H,10-11H2,1H3,(H2,18,20)/t22-/m0/s1. The molecule has 1 atom stereocenters. The van der Waals surface area contributed by atoms with Crippen molar-refractivity contribution < 1.29 is 13.8 Å². The van der Waals surface area contributed by atoms with Crippen LogP contribution in [0.2, 0.25) is 0 Å². The third-order valence-corrected chi connectivity index (χ3v) is 4.48. The van der Waals surface area contributed by atoms with Crippen LogP contribution in [0.4, 0.5) is 0 Å². The minimum atomic E-state index is -1.33. The van der Waals surface area contributed by atoms with Crippen molar-refractivity contribution >= 4 is 22.5 Å². The number of rotatable bonds is 6. The largest absolute Gasteiger partial charge is 0.369 e. The molecule has 2 rings (SSSR count). The van der Waals surface area contributed by atoms with Gasteiger partial charge in [0.05, 0.1) is 0 Å². The summed E-state index contributed by atoms with van der Waals surface area (Å²) >= 11 is 0. The fourth-order valence-corrected chi connectivity index (χ4v) is 3.21. The summed E-state index contributed by atoms with van der Waals surface area (Å²) in [5.41, 5.74) is 8.50. The molecular formula is C17H17NO3S. The average molecular weight is 315 g/mol. The predicted molar refractivity (Wildman–Crippen MR) is 87.8 cm³/mol. The molecule has 4 nitrogen and oxygen atoms in total. The maximum atomic E-state index is 11.9. The quantitative estimate of drug-likeness (QED) is 0.831. The Bertz CT molecular complexity index is 723. The molecule has 0 spiro atoms. The van der Waals surface area contributed by atoms with Gasteiger partial charge < -0.3 is 5.73 Å². The first-order valence-corrected chi connectivity index (χ1v) is 8.28. The normalized spacial score (nSPS) is 11.9. The van der Waals surface area contributed by atoms with Crippen LogP contribution in [0.3, 0.4) is 0 Å². The van der Waals surface area contributed by atoms with Crippen LogP contribution < -0.4 is 5.73 Å². The molecule has 0 aromatic heterocycles. The minimum absolute atomic E-state index is 0.0161. The molecule has 0 bridgehead atoms. The number of nitrogens with two attached hydrogens (primary N) is 1. The molecule has 0 fully saturated rings. The minimum Gasteiger partial charge on any atom is -0.369 e. The van der Waals surface area contributed by atoms with E-state index in [4.69, 9.17) is 5.73 Å². The van der Waals surface area contributed by atoms with Gasteiger partial charge in [-0.15, -0.1) is 0 Å². The second kappa shape index (κ2) is 7.13. The number of primary amides is 1. The lowest BCUT2D eigenvalue weighted by atomic mass is 9.99. The summed E-state index contributed by atoms with van der Waals surface area (Å²) in [6, 6.07) is 14.9. The molecule has 0 unspecified atom stereocenters. The lowest BCUT2D eigenvalue weighted by Gasteiger charge is -2.10. The van der Waals surface area contributed by atoms with E-state index in [1.807, 2.05) is 36.4 Å². The van der Waals surface area contributed by atoms with E-state index >= 15 is 0 Å². The molecule has 22 heavy (non-hydrogen) atoms. The summed E-state index contributed by atoms with van der Waals surface area (Å²) < 4.78 is 11.9. The van der Waals surface area contributed by atoms with Gasteiger partial charge in [-0.05, 0) is 23.6 Å². The molecule has 114 valence electrons. The van der Waals surface area contributed by atoms with E-state index in [0.29, 0.717) is 5.56 Å². The third kappa shape index (κ3) is 4.11. The smallest absolute Gasteiger partial charge is 0.230 e. The van der Waals surface area contributed by atoms with Crippen LogP contribution in [0.5, 0.6) is 0 Å². The predicted octanol–water partition coefficient (Wildman–Crippen LogP) is 2.29. The number of hydrogen-bond acceptors (Lipinski definition) is 3. The first-order valence-electron chi connectivity index (χ1n) is 6.80. The van der Waals surface area contributed by atoms with Crippen LogP contribution in [-0.2, 0) is 21.3 Å². The number of Topliss-reactive ketones (excluding diaryl/α,β-unsaturated/α-hetero) is 1. The number of benzene rings is 2. The molecule has 0 heterocycles. The Labute approximate surface area is 131 Å². The highest BCUT2D eigenvalue weighted by atomic mass is 32.2. The Balaban J connectivity index is 2.29. The van der Waals surface area contributed by atoms with Crippen molar-refractivity contribution in [1.29, 1.82) is 0 Å². The fraction of sp³-hybridized carbons (Fsp3) is 0.176. The van der Waals surface area contributed by atoms with Crippen molar-refractivity contribution in [3.05, 3.63) is 59.7 Å². The molecule has 0 saturated carbocycles. The zero-order valence-electron chi connectivity index (χ0n) is 12.2. The van der Waals surface area contributed by atoms with Gasteiger partial charge >= 0.3 is 0 Å². The Kier molecular flexibility index (Phi) is 5.22. The van der Waals surface area contributed by atoms with E-state index in [0.717, 1.165) is 16.7 Å². The van der Waals surface area contributed by atoms with E-state index < -0.39 is 16.7 Å². The SMILES string of the molecule is CC(=O)c1ccc(-c2ccccc2C[S@](=O)CC(N)=O)cc1. The third-order valence-electron chi connectivity index (χ3n) is 3.24. The summed E-state index contributed by atoms with van der Waals surface area (Å²) in [6.45, 7) is 1.52. The van der Waals surface area contributed by atoms with Gasteiger partial charge in [-0.2, -0.15) is 0 Å². The Morgan fingerprint density at radius 2 is 1.68 bits per heavy atom. The van der Waals surface area contributed by atoms with Crippen molar-refractivity contribution in [2.45, 2.75) is 12.7 Å². The first kappa shape index (κ1) is 16.1. The van der Waals surface area contributed by atoms with Crippen molar-refractivity contribution in [1.82, 2.24) is 0 Å². The molecule has 2 aromatic rings. The van der Waals surface area contributed by atoms with Gasteiger partial charge in [0.2, 0.25) is 5.91 Å². The number of ketones is 1. The van der Waals surface area contributed by atoms with Gasteiger partial charge in [0.25, 0.3) is 0 Å². The van der Waals surface area contributed by atoms with Gasteiger partial charge in [0, 0.05) is 22.1 Å². The highest BCUT2D eigenvalue weighted by Crippen LogP contribution is 2.25. The number of carbonyl (C=O) groups is 2. The highest BCUT2D eigenvalue weighted by Gasteiger charge is 2.10. The van der Waals surface area contributed by atoms with Crippen molar-refractivity contribution in [3.63, 3.8) is 0 Å². The summed E-state index contributed by atoms with van der Waals surface area (Å²) in [6.07, 6.45) is 0. The Morgan fingerprint density at radius 1 is 1.05 bits per heavy atom. The lowest BCUT2D eigenvalue weighted by molar-refractivity contribution is -0.115. The van der Waals surface area contributed by atoms with Gasteiger partial charge in [-0.1, -0.05) is 48.5 Å². The van der Waals surface area contributed by atoms with Gasteiger partial charge in [-0.25, -0.2) is 0 Å². The lowest BCUT2D eigenvalue weighted by Crippen LogP contribution is -2.20. The molecular weight excluding hydrogens is 298 g/mol. The topological polar surface area (TPSA) is 77.2 Å². The molecule has 5 heteroatoms. The van der Waals surface area contributed by atoms with Crippen molar-refractivity contribution in [3.8, 4) is 11.1 Å². The zero-order valence-corrected chi connectivity index (χ0v) is 13.1. The van der Waals surface area contributed by atoms with Crippen LogP contribution >= 0.6 is 0 Å². The summed E-state index contributed by atoms with van der Waals surface area (Å²) in [4.78, 5) is 22.2. The first-order chi connectivity index (χ1) is 10.5. The van der Waals surface area contributed by atoms with E-state index in [2.05, 4.69) is 0 Å². The Hall–Kier alpha value is -2.27. The maximum absolute atomic E-state index is 11.9. The van der Waals surface area contributed by atoms with Gasteiger partial charge in [-0.3, -0.25) is 13.8 Å².